The normalized spacial score (nSPS) is 15.9. The van der Waals surface area contributed by atoms with Crippen molar-refractivity contribution < 1.29 is 19.1 Å². The number of thiazole rings is 1. The summed E-state index contributed by atoms with van der Waals surface area (Å²) in [5.41, 5.74) is 0.129. The Morgan fingerprint density at radius 2 is 2.05 bits per heavy atom. The van der Waals surface area contributed by atoms with Crippen LogP contribution in [-0.2, 0) is 9.47 Å². The number of hydrogen-bond donors (Lipinski definition) is 0. The molecule has 1 atom stereocenters. The Balaban J connectivity index is 2.32. The number of carbonyl (C=O) groups is 2. The molecule has 1 unspecified atom stereocenters. The van der Waals surface area contributed by atoms with Crippen molar-refractivity contribution in [1.82, 2.24) is 4.98 Å². The lowest BCUT2D eigenvalue weighted by atomic mass is 10.2. The van der Waals surface area contributed by atoms with Crippen LogP contribution in [-0.4, -0.2) is 30.0 Å². The molecule has 110 valence electrons. The average molecular weight is 297 g/mol. The van der Waals surface area contributed by atoms with Gasteiger partial charge in [0, 0.05) is 13.5 Å². The van der Waals surface area contributed by atoms with E-state index in [-0.39, 0.29) is 24.2 Å². The number of esters is 1. The fourth-order valence-corrected chi connectivity index (χ4v) is 3.11. The Morgan fingerprint density at radius 1 is 1.35 bits per heavy atom. The molecule has 6 heteroatoms. The molecular formula is C14H19NO4S. The average Bonchev–Trinajstić information content (AvgIpc) is 3.13. The molecule has 1 fully saturated rings. The molecule has 1 heterocycles. The van der Waals surface area contributed by atoms with Crippen LogP contribution in [0.4, 0.5) is 0 Å². The van der Waals surface area contributed by atoms with Gasteiger partial charge in [0.25, 0.3) is 0 Å². The largest absolute Gasteiger partial charge is 0.461 e. The van der Waals surface area contributed by atoms with Crippen molar-refractivity contribution >= 4 is 23.1 Å². The monoisotopic (exact) mass is 297 g/mol. The zero-order valence-electron chi connectivity index (χ0n) is 12.0. The minimum atomic E-state index is -0.536. The van der Waals surface area contributed by atoms with Crippen LogP contribution in [0, 0.1) is 5.92 Å². The van der Waals surface area contributed by atoms with Gasteiger partial charge < -0.3 is 9.47 Å². The lowest BCUT2D eigenvalue weighted by Gasteiger charge is -2.12. The minimum absolute atomic E-state index is 0.105. The predicted molar refractivity (Wildman–Crippen MR) is 75.2 cm³/mol. The third-order valence-electron chi connectivity index (χ3n) is 3.07. The van der Waals surface area contributed by atoms with Crippen LogP contribution in [0.2, 0.25) is 0 Å². The molecule has 0 radical (unpaired) electrons. The molecular weight excluding hydrogens is 278 g/mol. The number of hydrogen-bond acceptors (Lipinski definition) is 6. The molecule has 1 saturated carbocycles. The fraction of sp³-hybridized carbons (Fsp3) is 0.643. The van der Waals surface area contributed by atoms with E-state index in [9.17, 15) is 9.59 Å². The summed E-state index contributed by atoms with van der Waals surface area (Å²) in [6, 6.07) is 0. The number of nitrogens with zero attached hydrogens (tertiary/aromatic N) is 1. The first-order valence-electron chi connectivity index (χ1n) is 6.88. The second kappa shape index (κ2) is 6.45. The Bertz CT molecular complexity index is 507. The highest BCUT2D eigenvalue weighted by atomic mass is 32.1. The maximum absolute atomic E-state index is 11.9. The van der Waals surface area contributed by atoms with Gasteiger partial charge in [0.05, 0.1) is 6.61 Å². The van der Waals surface area contributed by atoms with Gasteiger partial charge in [-0.15, -0.1) is 11.3 Å². The Hall–Kier alpha value is -1.27. The van der Waals surface area contributed by atoms with Gasteiger partial charge in [-0.3, -0.25) is 4.79 Å². The molecule has 1 aliphatic rings. The summed E-state index contributed by atoms with van der Waals surface area (Å²) < 4.78 is 10.7. The van der Waals surface area contributed by atoms with E-state index in [1.165, 1.54) is 18.3 Å². The van der Waals surface area contributed by atoms with E-state index in [4.69, 9.17) is 9.47 Å². The zero-order chi connectivity index (χ0) is 14.7. The molecule has 2 rings (SSSR count). The second-order valence-electron chi connectivity index (χ2n) is 4.72. The van der Waals surface area contributed by atoms with E-state index in [1.54, 1.807) is 6.92 Å². The minimum Gasteiger partial charge on any atom is -0.461 e. The first-order chi connectivity index (χ1) is 9.58. The van der Waals surface area contributed by atoms with Gasteiger partial charge in [0.15, 0.2) is 11.5 Å². The Kier molecular flexibility index (Phi) is 4.88. The van der Waals surface area contributed by atoms with Crippen molar-refractivity contribution in [3.05, 3.63) is 15.6 Å². The van der Waals surface area contributed by atoms with Gasteiger partial charge in [-0.05, 0) is 32.6 Å². The first-order valence-corrected chi connectivity index (χ1v) is 7.70. The highest BCUT2D eigenvalue weighted by Crippen LogP contribution is 2.44. The quantitative estimate of drug-likeness (QED) is 0.572. The Morgan fingerprint density at radius 3 is 2.55 bits per heavy atom. The maximum atomic E-state index is 11.9. The van der Waals surface area contributed by atoms with Crippen LogP contribution >= 0.6 is 11.3 Å². The summed E-state index contributed by atoms with van der Waals surface area (Å²) in [4.78, 5) is 28.2. The molecule has 20 heavy (non-hydrogen) atoms. The van der Waals surface area contributed by atoms with E-state index in [0.717, 1.165) is 12.8 Å². The van der Waals surface area contributed by atoms with Crippen LogP contribution in [0.1, 0.15) is 64.9 Å². The number of aromatic nitrogens is 1. The molecule has 0 amide bonds. The van der Waals surface area contributed by atoms with Crippen LogP contribution in [0.5, 0.6) is 0 Å². The smallest absolute Gasteiger partial charge is 0.358 e. The highest BCUT2D eigenvalue weighted by Gasteiger charge is 2.36. The van der Waals surface area contributed by atoms with Crippen LogP contribution in [0.15, 0.2) is 0 Å². The lowest BCUT2D eigenvalue weighted by Crippen LogP contribution is -2.10. The number of ether oxygens (including phenoxy) is 2. The van der Waals surface area contributed by atoms with E-state index in [1.807, 2.05) is 6.92 Å². The molecule has 0 bridgehead atoms. The van der Waals surface area contributed by atoms with E-state index in [0.29, 0.717) is 22.4 Å². The summed E-state index contributed by atoms with van der Waals surface area (Å²) in [6.45, 7) is 5.95. The molecule has 0 N–H and O–H groups in total. The van der Waals surface area contributed by atoms with Gasteiger partial charge in [-0.2, -0.15) is 0 Å². The Labute approximate surface area is 122 Å². The zero-order valence-corrected chi connectivity index (χ0v) is 12.8. The number of rotatable bonds is 7. The maximum Gasteiger partial charge on any atom is 0.358 e. The van der Waals surface area contributed by atoms with Crippen molar-refractivity contribution in [3.8, 4) is 0 Å². The van der Waals surface area contributed by atoms with Crippen LogP contribution in [0.25, 0.3) is 0 Å². The molecule has 0 spiro atoms. The highest BCUT2D eigenvalue weighted by molar-refractivity contribution is 7.14. The summed E-state index contributed by atoms with van der Waals surface area (Å²) in [5.74, 6) is -0.245. The standard InChI is InChI=1S/C14H19NO4S/c1-4-18-11(9-6-7-9)13-15-10(14(17)19-5-2)12(20-13)8(3)16/h9,11H,4-7H2,1-3H3. The predicted octanol–water partition coefficient (Wildman–Crippen LogP) is 3.01. The van der Waals surface area contributed by atoms with Crippen molar-refractivity contribution in [1.29, 1.82) is 0 Å². The fourth-order valence-electron chi connectivity index (χ4n) is 2.02. The van der Waals surface area contributed by atoms with E-state index < -0.39 is 5.97 Å². The third kappa shape index (κ3) is 3.24. The van der Waals surface area contributed by atoms with Crippen LogP contribution < -0.4 is 0 Å². The summed E-state index contributed by atoms with van der Waals surface area (Å²) in [5, 5.41) is 0.711. The summed E-state index contributed by atoms with van der Waals surface area (Å²) >= 11 is 1.25. The molecule has 1 aromatic rings. The second-order valence-corrected chi connectivity index (χ2v) is 5.75. The van der Waals surface area contributed by atoms with Crippen molar-refractivity contribution in [2.75, 3.05) is 13.2 Å². The first kappa shape index (κ1) is 15.1. The lowest BCUT2D eigenvalue weighted by molar-refractivity contribution is 0.0450. The molecule has 0 aliphatic heterocycles. The van der Waals surface area contributed by atoms with Crippen molar-refractivity contribution in [2.24, 2.45) is 5.92 Å². The van der Waals surface area contributed by atoms with Gasteiger partial charge in [-0.25, -0.2) is 9.78 Å². The number of carbonyl (C=O) groups excluding carboxylic acids is 2. The topological polar surface area (TPSA) is 65.5 Å². The molecule has 0 saturated heterocycles. The van der Waals surface area contributed by atoms with Gasteiger partial charge in [-0.1, -0.05) is 0 Å². The molecule has 0 aromatic carbocycles. The number of Topliss-reactive ketones (excluding diaryl/α,β-unsaturated/α-hetero) is 1. The van der Waals surface area contributed by atoms with E-state index >= 15 is 0 Å². The molecule has 5 nitrogen and oxygen atoms in total. The van der Waals surface area contributed by atoms with Crippen LogP contribution in [0.3, 0.4) is 0 Å². The van der Waals surface area contributed by atoms with Crippen molar-refractivity contribution in [3.63, 3.8) is 0 Å². The summed E-state index contributed by atoms with van der Waals surface area (Å²) in [6.07, 6.45) is 2.11. The van der Waals surface area contributed by atoms with Gasteiger partial charge in [0.1, 0.15) is 16.0 Å². The van der Waals surface area contributed by atoms with Crippen molar-refractivity contribution in [2.45, 2.75) is 39.7 Å². The van der Waals surface area contributed by atoms with E-state index in [2.05, 4.69) is 4.98 Å². The van der Waals surface area contributed by atoms with Gasteiger partial charge in [0.2, 0.25) is 0 Å². The number of ketones is 1. The third-order valence-corrected chi connectivity index (χ3v) is 4.29. The molecule has 1 aromatic heterocycles. The summed E-state index contributed by atoms with van der Waals surface area (Å²) in [7, 11) is 0. The van der Waals surface area contributed by atoms with Gasteiger partial charge >= 0.3 is 5.97 Å². The molecule has 1 aliphatic carbocycles. The SMILES string of the molecule is CCOC(=O)c1nc(C(OCC)C2CC2)sc1C(C)=O.